The van der Waals surface area contributed by atoms with E-state index in [4.69, 9.17) is 4.74 Å². The predicted molar refractivity (Wildman–Crippen MR) is 104 cm³/mol. The zero-order chi connectivity index (χ0) is 16.9. The number of hydrogen-bond acceptors (Lipinski definition) is 2. The molecule has 0 atom stereocenters. The highest BCUT2D eigenvalue weighted by molar-refractivity contribution is 5.71. The van der Waals surface area contributed by atoms with Crippen LogP contribution in [0, 0.1) is 0 Å². The van der Waals surface area contributed by atoms with Gasteiger partial charge in [-0.25, -0.2) is 0 Å². The summed E-state index contributed by atoms with van der Waals surface area (Å²) in [6.45, 7) is 2.41. The van der Waals surface area contributed by atoms with Gasteiger partial charge in [-0.05, 0) is 34.9 Å². The molecule has 0 saturated heterocycles. The zero-order valence-electron chi connectivity index (χ0n) is 14.1. The number of ether oxygens (including phenoxy) is 1. The number of rotatable bonds is 5. The lowest BCUT2D eigenvalue weighted by Crippen LogP contribution is -2.25. The molecule has 0 radical (unpaired) electrons. The maximum atomic E-state index is 5.96. The summed E-state index contributed by atoms with van der Waals surface area (Å²) < 4.78 is 5.96. The van der Waals surface area contributed by atoms with Gasteiger partial charge in [0.1, 0.15) is 12.4 Å². The molecule has 1 aliphatic heterocycles. The van der Waals surface area contributed by atoms with Gasteiger partial charge in [0.05, 0.1) is 0 Å². The van der Waals surface area contributed by atoms with Crippen LogP contribution in [0.15, 0.2) is 84.9 Å². The van der Waals surface area contributed by atoms with Crippen molar-refractivity contribution in [2.45, 2.75) is 13.2 Å². The quantitative estimate of drug-likeness (QED) is 0.630. The second-order valence-corrected chi connectivity index (χ2v) is 6.26. The summed E-state index contributed by atoms with van der Waals surface area (Å²) in [7, 11) is 0. The van der Waals surface area contributed by atoms with Gasteiger partial charge in [-0.2, -0.15) is 0 Å². The Morgan fingerprint density at radius 3 is 2.52 bits per heavy atom. The highest BCUT2D eigenvalue weighted by Gasteiger charge is 2.12. The maximum absolute atomic E-state index is 5.96. The molecule has 25 heavy (non-hydrogen) atoms. The van der Waals surface area contributed by atoms with Gasteiger partial charge in [-0.1, -0.05) is 72.8 Å². The minimum absolute atomic E-state index is 0.597. The highest BCUT2D eigenvalue weighted by atomic mass is 16.5. The highest BCUT2D eigenvalue weighted by Crippen LogP contribution is 2.27. The molecule has 2 heteroatoms. The minimum atomic E-state index is 0.597. The lowest BCUT2D eigenvalue weighted by atomic mass is 10.1. The van der Waals surface area contributed by atoms with Crippen LogP contribution in [0.25, 0.3) is 6.08 Å². The molecular weight excluding hydrogens is 306 g/mol. The fourth-order valence-electron chi connectivity index (χ4n) is 3.17. The van der Waals surface area contributed by atoms with Crippen LogP contribution in [0.1, 0.15) is 16.7 Å². The van der Waals surface area contributed by atoms with E-state index in [1.807, 2.05) is 24.3 Å². The van der Waals surface area contributed by atoms with Gasteiger partial charge in [0.25, 0.3) is 0 Å². The SMILES string of the molecule is C1=Cc2ccccc2N(Cc2cccc(OCc3ccccc3)c2)C1. The van der Waals surface area contributed by atoms with Crippen molar-refractivity contribution >= 4 is 11.8 Å². The minimum Gasteiger partial charge on any atom is -0.489 e. The molecule has 0 amide bonds. The molecule has 3 aromatic rings. The Morgan fingerprint density at radius 1 is 0.800 bits per heavy atom. The van der Waals surface area contributed by atoms with Crippen molar-refractivity contribution in [1.29, 1.82) is 0 Å². The molecule has 0 N–H and O–H groups in total. The van der Waals surface area contributed by atoms with Gasteiger partial charge in [0, 0.05) is 18.8 Å². The molecule has 0 unspecified atom stereocenters. The van der Waals surface area contributed by atoms with Crippen molar-refractivity contribution in [2.24, 2.45) is 0 Å². The number of hydrogen-bond donors (Lipinski definition) is 0. The average Bonchev–Trinajstić information content (AvgIpc) is 2.68. The Labute approximate surface area is 149 Å². The van der Waals surface area contributed by atoms with Crippen LogP contribution < -0.4 is 9.64 Å². The first-order valence-electron chi connectivity index (χ1n) is 8.65. The largest absolute Gasteiger partial charge is 0.489 e. The fraction of sp³-hybridized carbons (Fsp3) is 0.130. The summed E-state index contributed by atoms with van der Waals surface area (Å²) >= 11 is 0. The standard InChI is InChI=1S/C23H21NO/c1-2-8-19(9-3-1)18-25-22-13-6-10-20(16-22)17-24-15-7-12-21-11-4-5-14-23(21)24/h1-14,16H,15,17-18H2. The van der Waals surface area contributed by atoms with Gasteiger partial charge in [-0.15, -0.1) is 0 Å². The number of benzene rings is 3. The van der Waals surface area contributed by atoms with Gasteiger partial charge < -0.3 is 9.64 Å². The van der Waals surface area contributed by atoms with Crippen molar-refractivity contribution < 1.29 is 4.74 Å². The van der Waals surface area contributed by atoms with Crippen LogP contribution >= 0.6 is 0 Å². The third-order valence-electron chi connectivity index (χ3n) is 4.42. The van der Waals surface area contributed by atoms with Gasteiger partial charge in [0.15, 0.2) is 0 Å². The van der Waals surface area contributed by atoms with Gasteiger partial charge in [-0.3, -0.25) is 0 Å². The second kappa shape index (κ2) is 7.27. The smallest absolute Gasteiger partial charge is 0.120 e. The summed E-state index contributed by atoms with van der Waals surface area (Å²) in [5.74, 6) is 0.919. The van der Waals surface area contributed by atoms with Crippen LogP contribution in [0.5, 0.6) is 5.75 Å². The third kappa shape index (κ3) is 3.74. The molecule has 2 nitrogen and oxygen atoms in total. The first-order chi connectivity index (χ1) is 12.4. The molecule has 1 heterocycles. The monoisotopic (exact) mass is 327 g/mol. The van der Waals surface area contributed by atoms with Crippen molar-refractivity contribution in [3.8, 4) is 5.75 Å². The van der Waals surface area contributed by atoms with Gasteiger partial charge >= 0.3 is 0 Å². The van der Waals surface area contributed by atoms with E-state index >= 15 is 0 Å². The molecule has 0 fully saturated rings. The van der Waals surface area contributed by atoms with Crippen molar-refractivity contribution in [3.05, 3.63) is 102 Å². The first-order valence-corrected chi connectivity index (χ1v) is 8.65. The number of para-hydroxylation sites is 1. The molecule has 0 aliphatic carbocycles. The zero-order valence-corrected chi connectivity index (χ0v) is 14.1. The van der Waals surface area contributed by atoms with E-state index < -0.39 is 0 Å². The third-order valence-corrected chi connectivity index (χ3v) is 4.42. The lowest BCUT2D eigenvalue weighted by molar-refractivity contribution is 0.306. The van der Waals surface area contributed by atoms with Crippen molar-refractivity contribution in [1.82, 2.24) is 0 Å². The molecular formula is C23H21NO. The number of fused-ring (bicyclic) bond motifs is 1. The van der Waals surface area contributed by atoms with Crippen molar-refractivity contribution in [3.63, 3.8) is 0 Å². The second-order valence-electron chi connectivity index (χ2n) is 6.26. The van der Waals surface area contributed by atoms with Crippen LogP contribution in [-0.2, 0) is 13.2 Å². The first kappa shape index (κ1) is 15.5. The number of anilines is 1. The maximum Gasteiger partial charge on any atom is 0.120 e. The Kier molecular flexibility index (Phi) is 4.51. The molecule has 0 saturated carbocycles. The average molecular weight is 327 g/mol. The van der Waals surface area contributed by atoms with Crippen LogP contribution in [0.3, 0.4) is 0 Å². The molecule has 124 valence electrons. The normalized spacial score (nSPS) is 12.7. The Hall–Kier alpha value is -3.00. The summed E-state index contributed by atoms with van der Waals surface area (Å²) in [6, 6.07) is 27.2. The summed E-state index contributed by atoms with van der Waals surface area (Å²) in [4.78, 5) is 2.39. The van der Waals surface area contributed by atoms with E-state index in [1.54, 1.807) is 0 Å². The molecule has 1 aliphatic rings. The van der Waals surface area contributed by atoms with E-state index in [1.165, 1.54) is 22.4 Å². The Bertz CT molecular complexity index is 870. The molecule has 3 aromatic carbocycles. The molecule has 0 aromatic heterocycles. The fourth-order valence-corrected chi connectivity index (χ4v) is 3.17. The Morgan fingerprint density at radius 2 is 1.60 bits per heavy atom. The van der Waals surface area contributed by atoms with Crippen LogP contribution in [-0.4, -0.2) is 6.54 Å². The summed E-state index contributed by atoms with van der Waals surface area (Å²) in [5, 5.41) is 0. The van der Waals surface area contributed by atoms with E-state index in [-0.39, 0.29) is 0 Å². The van der Waals surface area contributed by atoms with Crippen molar-refractivity contribution in [2.75, 3.05) is 11.4 Å². The van der Waals surface area contributed by atoms with E-state index in [2.05, 4.69) is 71.6 Å². The Balaban J connectivity index is 1.46. The van der Waals surface area contributed by atoms with Gasteiger partial charge in [0.2, 0.25) is 0 Å². The van der Waals surface area contributed by atoms with E-state index in [0.717, 1.165) is 18.8 Å². The molecule has 0 bridgehead atoms. The summed E-state index contributed by atoms with van der Waals surface area (Å²) in [5.41, 5.74) is 5.02. The lowest BCUT2D eigenvalue weighted by Gasteiger charge is -2.28. The number of nitrogens with zero attached hydrogens (tertiary/aromatic N) is 1. The van der Waals surface area contributed by atoms with E-state index in [9.17, 15) is 0 Å². The predicted octanol–water partition coefficient (Wildman–Crippen LogP) is 5.30. The van der Waals surface area contributed by atoms with Crippen LogP contribution in [0.2, 0.25) is 0 Å². The van der Waals surface area contributed by atoms with Crippen LogP contribution in [0.4, 0.5) is 5.69 Å². The van der Waals surface area contributed by atoms with E-state index in [0.29, 0.717) is 6.61 Å². The summed E-state index contributed by atoms with van der Waals surface area (Å²) in [6.07, 6.45) is 4.42. The topological polar surface area (TPSA) is 12.5 Å². The molecule has 0 spiro atoms. The molecule has 4 rings (SSSR count).